The molecule has 3 amide bonds. The maximum Gasteiger partial charge on any atom is 0.249 e. The number of primary amides is 2. The largest absolute Gasteiger partial charge is 0.369 e. The number of Topliss-reactive ketones (excluding diaryl/α,β-unsaturated/α-hetero) is 1. The Hall–Kier alpha value is -1.96. The molecule has 3 unspecified atom stereocenters. The number of carbonyl (C=O) groups is 4. The number of amides is 3. The van der Waals surface area contributed by atoms with Crippen molar-refractivity contribution in [2.45, 2.75) is 32.4 Å². The quantitative estimate of drug-likeness (QED) is 0.597. The molecule has 0 spiro atoms. The molecule has 0 aromatic rings. The summed E-state index contributed by atoms with van der Waals surface area (Å²) in [6.07, 6.45) is 0.571. The van der Waals surface area contributed by atoms with E-state index < -0.39 is 29.9 Å². The Morgan fingerprint density at radius 2 is 1.95 bits per heavy atom. The standard InChI is InChI=1S/C14H22N3O5/c1-7(8(2)13(15)20)4-5-10(19)17(3)11-9(18)6-22-12(11)14(16)21/h5,7-8,11-12H,4,6H2,1-3H3,(H2,15,20)(H2,16,21)/t7?,8?,11?,12-/m0/s1. The van der Waals surface area contributed by atoms with Gasteiger partial charge in [-0.1, -0.05) is 13.8 Å². The van der Waals surface area contributed by atoms with Gasteiger partial charge in [0.15, 0.2) is 11.9 Å². The van der Waals surface area contributed by atoms with Gasteiger partial charge in [0.2, 0.25) is 17.7 Å². The van der Waals surface area contributed by atoms with E-state index in [4.69, 9.17) is 16.2 Å². The predicted molar refractivity (Wildman–Crippen MR) is 76.9 cm³/mol. The topological polar surface area (TPSA) is 133 Å². The zero-order chi connectivity index (χ0) is 17.0. The fourth-order valence-electron chi connectivity index (χ4n) is 2.23. The highest BCUT2D eigenvalue weighted by molar-refractivity contribution is 5.99. The molecule has 1 aliphatic heterocycles. The molecule has 0 bridgehead atoms. The van der Waals surface area contributed by atoms with Crippen LogP contribution in [-0.4, -0.2) is 54.2 Å². The van der Waals surface area contributed by atoms with E-state index in [0.29, 0.717) is 6.42 Å². The molecule has 1 radical (unpaired) electrons. The normalized spacial score (nSPS) is 23.9. The molecule has 1 fully saturated rings. The van der Waals surface area contributed by atoms with Gasteiger partial charge in [-0.15, -0.1) is 0 Å². The number of nitrogens with zero attached hydrogens (tertiary/aromatic N) is 1. The Morgan fingerprint density at radius 3 is 2.45 bits per heavy atom. The van der Waals surface area contributed by atoms with Crippen LogP contribution in [0.5, 0.6) is 0 Å². The molecule has 22 heavy (non-hydrogen) atoms. The highest BCUT2D eigenvalue weighted by Gasteiger charge is 2.43. The van der Waals surface area contributed by atoms with Crippen molar-refractivity contribution in [3.05, 3.63) is 6.42 Å². The summed E-state index contributed by atoms with van der Waals surface area (Å²) in [5.41, 5.74) is 10.4. The van der Waals surface area contributed by atoms with Gasteiger partial charge in [-0.05, 0) is 12.3 Å². The molecule has 1 aliphatic rings. The Bertz CT molecular complexity index is 479. The van der Waals surface area contributed by atoms with Crippen LogP contribution in [-0.2, 0) is 23.9 Å². The summed E-state index contributed by atoms with van der Waals surface area (Å²) in [4.78, 5) is 47.4. The third-order valence-corrected chi connectivity index (χ3v) is 4.03. The van der Waals surface area contributed by atoms with Crippen molar-refractivity contribution < 1.29 is 23.9 Å². The third-order valence-electron chi connectivity index (χ3n) is 4.03. The molecule has 0 aromatic heterocycles. The summed E-state index contributed by atoms with van der Waals surface area (Å²) in [6.45, 7) is 3.24. The van der Waals surface area contributed by atoms with Crippen LogP contribution in [0.1, 0.15) is 20.3 Å². The first-order chi connectivity index (χ1) is 10.2. The highest BCUT2D eigenvalue weighted by Crippen LogP contribution is 2.20. The summed E-state index contributed by atoms with van der Waals surface area (Å²) in [5.74, 6) is -2.51. The second-order valence-corrected chi connectivity index (χ2v) is 5.60. The molecule has 0 aromatic carbocycles. The molecule has 8 nitrogen and oxygen atoms in total. The van der Waals surface area contributed by atoms with E-state index in [0.717, 1.165) is 4.90 Å². The van der Waals surface area contributed by atoms with Gasteiger partial charge < -0.3 is 21.1 Å². The minimum absolute atomic E-state index is 0.114. The number of carbonyl (C=O) groups excluding carboxylic acids is 4. The SMILES string of the molecule is CC(C[CH]C(=O)N(C)C1C(=O)CO[C@@H]1C(N)=O)C(C)C(N)=O. The lowest BCUT2D eigenvalue weighted by atomic mass is 9.91. The number of ketones is 1. The molecule has 1 heterocycles. The minimum atomic E-state index is -1.13. The van der Waals surface area contributed by atoms with Crippen LogP contribution in [0.15, 0.2) is 0 Å². The molecule has 4 atom stereocenters. The maximum atomic E-state index is 12.1. The average Bonchev–Trinajstić information content (AvgIpc) is 2.84. The van der Waals surface area contributed by atoms with Gasteiger partial charge in [0.1, 0.15) is 12.6 Å². The fourth-order valence-corrected chi connectivity index (χ4v) is 2.23. The Morgan fingerprint density at radius 1 is 1.36 bits per heavy atom. The monoisotopic (exact) mass is 312 g/mol. The highest BCUT2D eigenvalue weighted by atomic mass is 16.5. The summed E-state index contributed by atoms with van der Waals surface area (Å²) >= 11 is 0. The van der Waals surface area contributed by atoms with Crippen molar-refractivity contribution in [2.75, 3.05) is 13.7 Å². The predicted octanol–water partition coefficient (Wildman–Crippen LogP) is -1.38. The third kappa shape index (κ3) is 4.03. The van der Waals surface area contributed by atoms with E-state index in [2.05, 4.69) is 0 Å². The van der Waals surface area contributed by atoms with Gasteiger partial charge in [-0.2, -0.15) is 0 Å². The second-order valence-electron chi connectivity index (χ2n) is 5.60. The summed E-state index contributed by atoms with van der Waals surface area (Å²) in [6, 6.07) is -1.01. The number of nitrogens with two attached hydrogens (primary N) is 2. The minimum Gasteiger partial charge on any atom is -0.369 e. The number of ether oxygens (including phenoxy) is 1. The zero-order valence-electron chi connectivity index (χ0n) is 12.9. The number of likely N-dealkylation sites (N-methyl/N-ethyl adjacent to an activating group) is 1. The van der Waals surface area contributed by atoms with Gasteiger partial charge in [0.05, 0.1) is 6.42 Å². The van der Waals surface area contributed by atoms with Crippen molar-refractivity contribution in [3.8, 4) is 0 Å². The first-order valence-corrected chi connectivity index (χ1v) is 6.99. The Labute approximate surface area is 129 Å². The molecule has 8 heteroatoms. The van der Waals surface area contributed by atoms with Gasteiger partial charge in [0.25, 0.3) is 0 Å². The molecule has 0 aliphatic carbocycles. The lowest BCUT2D eigenvalue weighted by Crippen LogP contribution is -2.50. The first-order valence-electron chi connectivity index (χ1n) is 6.99. The van der Waals surface area contributed by atoms with Gasteiger partial charge >= 0.3 is 0 Å². The van der Waals surface area contributed by atoms with Gasteiger partial charge in [0, 0.05) is 13.0 Å². The zero-order valence-corrected chi connectivity index (χ0v) is 12.9. The van der Waals surface area contributed by atoms with E-state index in [1.54, 1.807) is 13.8 Å². The van der Waals surface area contributed by atoms with Crippen LogP contribution in [0, 0.1) is 18.3 Å². The molecular formula is C14H22N3O5. The molecule has 4 N–H and O–H groups in total. The Balaban J connectivity index is 2.63. The van der Waals surface area contributed by atoms with Crippen molar-refractivity contribution in [3.63, 3.8) is 0 Å². The van der Waals surface area contributed by atoms with E-state index in [1.807, 2.05) is 0 Å². The smallest absolute Gasteiger partial charge is 0.249 e. The maximum absolute atomic E-state index is 12.1. The van der Waals surface area contributed by atoms with E-state index in [9.17, 15) is 19.2 Å². The average molecular weight is 312 g/mol. The van der Waals surface area contributed by atoms with E-state index >= 15 is 0 Å². The van der Waals surface area contributed by atoms with E-state index in [-0.39, 0.29) is 24.2 Å². The van der Waals surface area contributed by atoms with E-state index in [1.165, 1.54) is 13.5 Å². The van der Waals surface area contributed by atoms with Gasteiger partial charge in [-0.25, -0.2) is 0 Å². The van der Waals surface area contributed by atoms with Gasteiger partial charge in [-0.3, -0.25) is 19.2 Å². The Kier molecular flexibility index (Phi) is 6.04. The number of hydrogen-bond acceptors (Lipinski definition) is 5. The van der Waals surface area contributed by atoms with Crippen molar-refractivity contribution >= 4 is 23.5 Å². The van der Waals surface area contributed by atoms with Crippen molar-refractivity contribution in [2.24, 2.45) is 23.3 Å². The van der Waals surface area contributed by atoms with Crippen LogP contribution in [0.2, 0.25) is 0 Å². The van der Waals surface area contributed by atoms with Crippen LogP contribution >= 0.6 is 0 Å². The first kappa shape index (κ1) is 18.1. The second kappa shape index (κ2) is 7.35. The molecule has 1 saturated heterocycles. The van der Waals surface area contributed by atoms with Crippen LogP contribution < -0.4 is 11.5 Å². The molecule has 0 saturated carbocycles. The molecular weight excluding hydrogens is 290 g/mol. The summed E-state index contributed by atoms with van der Waals surface area (Å²) in [5, 5.41) is 0. The van der Waals surface area contributed by atoms with Crippen LogP contribution in [0.3, 0.4) is 0 Å². The van der Waals surface area contributed by atoms with Crippen molar-refractivity contribution in [1.29, 1.82) is 0 Å². The lowest BCUT2D eigenvalue weighted by molar-refractivity contribution is -0.137. The fraction of sp³-hybridized carbons (Fsp3) is 0.643. The number of hydrogen-bond donors (Lipinski definition) is 2. The summed E-state index contributed by atoms with van der Waals surface area (Å²) in [7, 11) is 1.41. The molecule has 1 rings (SSSR count). The molecule has 123 valence electrons. The summed E-state index contributed by atoms with van der Waals surface area (Å²) < 4.78 is 5.01. The van der Waals surface area contributed by atoms with Crippen molar-refractivity contribution in [1.82, 2.24) is 4.90 Å². The van der Waals surface area contributed by atoms with Crippen LogP contribution in [0.25, 0.3) is 0 Å². The lowest BCUT2D eigenvalue weighted by Gasteiger charge is -2.26. The van der Waals surface area contributed by atoms with Crippen LogP contribution in [0.4, 0.5) is 0 Å². The number of rotatable bonds is 7.